The largest absolute Gasteiger partial charge is 0.287 e. The van der Waals surface area contributed by atoms with Crippen LogP contribution in [0.4, 0.5) is 4.39 Å². The van der Waals surface area contributed by atoms with E-state index in [2.05, 4.69) is 52.1 Å². The average Bonchev–Trinajstić information content (AvgIpc) is 2.88. The van der Waals surface area contributed by atoms with Crippen molar-refractivity contribution in [3.8, 4) is 0 Å². The van der Waals surface area contributed by atoms with Crippen molar-refractivity contribution >= 4 is 15.9 Å². The first kappa shape index (κ1) is 26.6. The summed E-state index contributed by atoms with van der Waals surface area (Å²) in [7, 11) is 0. The van der Waals surface area contributed by atoms with Crippen LogP contribution in [-0.4, -0.2) is 9.55 Å². The molecule has 182 valence electrons. The summed E-state index contributed by atoms with van der Waals surface area (Å²) in [6.45, 7) is 6.08. The van der Waals surface area contributed by atoms with Gasteiger partial charge in [0.25, 0.3) is 5.56 Å². The third-order valence-corrected chi connectivity index (χ3v) is 6.42. The summed E-state index contributed by atoms with van der Waals surface area (Å²) in [6, 6.07) is 25.3. The number of rotatable bonds is 7. The predicted octanol–water partition coefficient (Wildman–Crippen LogP) is 7.55. The molecule has 1 heterocycles. The van der Waals surface area contributed by atoms with Crippen LogP contribution < -0.4 is 5.56 Å². The molecule has 0 saturated carbocycles. The topological polar surface area (TPSA) is 34.9 Å². The number of benzene rings is 3. The number of hydrogen-bond acceptors (Lipinski definition) is 2. The van der Waals surface area contributed by atoms with Gasteiger partial charge in [0.1, 0.15) is 5.82 Å². The predicted molar refractivity (Wildman–Crippen MR) is 145 cm³/mol. The van der Waals surface area contributed by atoms with Gasteiger partial charge < -0.3 is 0 Å². The smallest absolute Gasteiger partial charge is 0.257 e. The Hall–Kier alpha value is -3.05. The van der Waals surface area contributed by atoms with Crippen LogP contribution in [0.1, 0.15) is 61.2 Å². The molecule has 0 fully saturated rings. The van der Waals surface area contributed by atoms with Gasteiger partial charge in [0.15, 0.2) is 0 Å². The highest BCUT2D eigenvalue weighted by molar-refractivity contribution is 9.10. The van der Waals surface area contributed by atoms with E-state index in [-0.39, 0.29) is 17.4 Å². The van der Waals surface area contributed by atoms with Crippen molar-refractivity contribution in [3.05, 3.63) is 134 Å². The standard InChI is InChI=1S/C22H24N2O.C8H8BrF/c1-3-11-20-19(4-2)22(25)24(16-23-20)21(17-12-7-5-8-13-17)18-14-9-6-10-15-18;1-2-6-3-4-7(9)5-8(6)10/h5-10,12-16,21H,3-4,11H2,1-2H3;3-5H,2H2,1H3. The van der Waals surface area contributed by atoms with Crippen molar-refractivity contribution in [2.24, 2.45) is 0 Å². The zero-order valence-electron chi connectivity index (χ0n) is 20.5. The maximum Gasteiger partial charge on any atom is 0.257 e. The van der Waals surface area contributed by atoms with Crippen molar-refractivity contribution in [2.45, 2.75) is 52.5 Å². The lowest BCUT2D eigenvalue weighted by Crippen LogP contribution is -2.30. The third-order valence-electron chi connectivity index (χ3n) is 5.92. The Kier molecular flexibility index (Phi) is 9.98. The second kappa shape index (κ2) is 13.1. The maximum absolute atomic E-state index is 13.2. The maximum atomic E-state index is 13.2. The molecule has 1 aromatic heterocycles. The highest BCUT2D eigenvalue weighted by atomic mass is 79.9. The summed E-state index contributed by atoms with van der Waals surface area (Å²) in [6.07, 6.45) is 5.01. The molecule has 5 heteroatoms. The van der Waals surface area contributed by atoms with Crippen LogP contribution in [0.3, 0.4) is 0 Å². The molecular formula is C30H32BrFN2O. The van der Waals surface area contributed by atoms with E-state index < -0.39 is 0 Å². The Labute approximate surface area is 215 Å². The number of aryl methyl sites for hydroxylation is 2. The fraction of sp³-hybridized carbons (Fsp3) is 0.267. The molecule has 0 atom stereocenters. The lowest BCUT2D eigenvalue weighted by atomic mass is 9.98. The van der Waals surface area contributed by atoms with Gasteiger partial charge in [-0.1, -0.05) is 110 Å². The summed E-state index contributed by atoms with van der Waals surface area (Å²) in [4.78, 5) is 17.8. The highest BCUT2D eigenvalue weighted by Crippen LogP contribution is 2.25. The number of nitrogens with zero attached hydrogens (tertiary/aromatic N) is 2. The molecule has 0 amide bonds. The first-order chi connectivity index (χ1) is 17.0. The Bertz CT molecular complexity index is 1230. The van der Waals surface area contributed by atoms with Crippen molar-refractivity contribution in [1.29, 1.82) is 0 Å². The summed E-state index contributed by atoms with van der Waals surface area (Å²) in [5.74, 6) is -0.128. The normalized spacial score (nSPS) is 10.7. The van der Waals surface area contributed by atoms with Crippen LogP contribution in [-0.2, 0) is 19.3 Å². The molecule has 0 spiro atoms. The first-order valence-electron chi connectivity index (χ1n) is 12.1. The second-order valence-corrected chi connectivity index (χ2v) is 9.21. The van der Waals surface area contributed by atoms with Crippen molar-refractivity contribution in [2.75, 3.05) is 0 Å². The molecule has 0 bridgehead atoms. The van der Waals surface area contributed by atoms with Crippen molar-refractivity contribution in [1.82, 2.24) is 9.55 Å². The molecule has 0 aliphatic heterocycles. The molecule has 4 aromatic rings. The molecule has 0 saturated heterocycles. The summed E-state index contributed by atoms with van der Waals surface area (Å²) in [5.41, 5.74) is 4.78. The van der Waals surface area contributed by atoms with Gasteiger partial charge in [-0.05, 0) is 48.1 Å². The summed E-state index contributed by atoms with van der Waals surface area (Å²) < 4.78 is 15.4. The van der Waals surface area contributed by atoms with E-state index in [0.717, 1.165) is 51.7 Å². The van der Waals surface area contributed by atoms with Crippen LogP contribution in [0.2, 0.25) is 0 Å². The van der Waals surface area contributed by atoms with Crippen molar-refractivity contribution in [3.63, 3.8) is 0 Å². The minimum Gasteiger partial charge on any atom is -0.287 e. The SMILES string of the molecule is CCCc1ncn(C(c2ccccc2)c2ccccc2)c(=O)c1CC.CCc1ccc(Br)cc1F. The van der Waals surface area contributed by atoms with Gasteiger partial charge in [-0.3, -0.25) is 9.36 Å². The van der Waals surface area contributed by atoms with Gasteiger partial charge in [-0.25, -0.2) is 9.37 Å². The summed E-state index contributed by atoms with van der Waals surface area (Å²) in [5, 5.41) is 0. The van der Waals surface area contributed by atoms with Gasteiger partial charge in [0.2, 0.25) is 0 Å². The van der Waals surface area contributed by atoms with Crippen molar-refractivity contribution < 1.29 is 4.39 Å². The highest BCUT2D eigenvalue weighted by Gasteiger charge is 2.20. The number of halogens is 2. The molecule has 3 aromatic carbocycles. The van der Waals surface area contributed by atoms with E-state index in [4.69, 9.17) is 0 Å². The van der Waals surface area contributed by atoms with E-state index in [1.165, 1.54) is 6.07 Å². The van der Waals surface area contributed by atoms with Gasteiger partial charge in [-0.15, -0.1) is 0 Å². The Balaban J connectivity index is 0.000000287. The third kappa shape index (κ3) is 6.76. The van der Waals surface area contributed by atoms with Crippen LogP contribution in [0.15, 0.2) is 94.5 Å². The van der Waals surface area contributed by atoms with Crippen LogP contribution in [0, 0.1) is 5.82 Å². The monoisotopic (exact) mass is 534 g/mol. The molecule has 35 heavy (non-hydrogen) atoms. The van der Waals surface area contributed by atoms with Crippen LogP contribution in [0.5, 0.6) is 0 Å². The van der Waals surface area contributed by atoms with E-state index in [1.54, 1.807) is 17.0 Å². The van der Waals surface area contributed by atoms with Gasteiger partial charge in [-0.2, -0.15) is 0 Å². The van der Waals surface area contributed by atoms with Crippen LogP contribution in [0.25, 0.3) is 0 Å². The van der Waals surface area contributed by atoms with E-state index in [1.807, 2.05) is 56.3 Å². The zero-order chi connectivity index (χ0) is 25.2. The minimum absolute atomic E-state index is 0.0682. The molecule has 0 radical (unpaired) electrons. The molecule has 0 unspecified atom stereocenters. The molecular weight excluding hydrogens is 503 g/mol. The van der Waals surface area contributed by atoms with Gasteiger partial charge in [0.05, 0.1) is 18.1 Å². The molecule has 0 aliphatic carbocycles. The molecule has 0 N–H and O–H groups in total. The minimum atomic E-state index is -0.164. The molecule has 3 nitrogen and oxygen atoms in total. The van der Waals surface area contributed by atoms with Crippen LogP contribution >= 0.6 is 15.9 Å². The van der Waals surface area contributed by atoms with E-state index in [9.17, 15) is 9.18 Å². The number of hydrogen-bond donors (Lipinski definition) is 0. The lowest BCUT2D eigenvalue weighted by molar-refractivity contribution is 0.611. The van der Waals surface area contributed by atoms with E-state index >= 15 is 0 Å². The second-order valence-electron chi connectivity index (χ2n) is 8.30. The van der Waals surface area contributed by atoms with Gasteiger partial charge >= 0.3 is 0 Å². The zero-order valence-corrected chi connectivity index (χ0v) is 22.1. The lowest BCUT2D eigenvalue weighted by Gasteiger charge is -2.22. The Morgan fingerprint density at radius 2 is 1.49 bits per heavy atom. The summed E-state index contributed by atoms with van der Waals surface area (Å²) >= 11 is 3.19. The Morgan fingerprint density at radius 1 is 0.886 bits per heavy atom. The fourth-order valence-electron chi connectivity index (χ4n) is 4.13. The van der Waals surface area contributed by atoms with Gasteiger partial charge in [0, 0.05) is 10.0 Å². The molecule has 4 rings (SSSR count). The number of aromatic nitrogens is 2. The first-order valence-corrected chi connectivity index (χ1v) is 12.9. The quantitative estimate of drug-likeness (QED) is 0.245. The van der Waals surface area contributed by atoms with E-state index in [0.29, 0.717) is 6.42 Å². The fourth-order valence-corrected chi connectivity index (χ4v) is 4.46. The Morgan fingerprint density at radius 3 is 1.97 bits per heavy atom. The average molecular weight is 536 g/mol. The molecule has 0 aliphatic rings.